The molecule has 1 aliphatic rings. The summed E-state index contributed by atoms with van der Waals surface area (Å²) in [5, 5.41) is 7.63. The van der Waals surface area contributed by atoms with Crippen LogP contribution in [0.3, 0.4) is 0 Å². The van der Waals surface area contributed by atoms with Crippen LogP contribution in [0, 0.1) is 0 Å². The number of ketones is 1. The molecule has 1 aromatic heterocycles. The Balaban J connectivity index is 1.92. The number of carbonyl (C=O) groups is 1. The van der Waals surface area contributed by atoms with E-state index in [1.54, 1.807) is 10.9 Å². The van der Waals surface area contributed by atoms with Gasteiger partial charge in [-0.2, -0.15) is 5.10 Å². The van der Waals surface area contributed by atoms with Crippen LogP contribution in [0.25, 0.3) is 0 Å². The largest absolute Gasteiger partial charge is 0.311 e. The van der Waals surface area contributed by atoms with Crippen molar-refractivity contribution in [1.29, 1.82) is 0 Å². The molecule has 2 unspecified atom stereocenters. The Morgan fingerprint density at radius 1 is 1.59 bits per heavy atom. The quantitative estimate of drug-likeness (QED) is 0.812. The summed E-state index contributed by atoms with van der Waals surface area (Å²) >= 11 is 0. The molecule has 0 aliphatic carbocycles. The number of hydrogen-bond donors (Lipinski definition) is 1. The van der Waals surface area contributed by atoms with Crippen molar-refractivity contribution in [3.05, 3.63) is 18.0 Å². The molecule has 1 fully saturated rings. The number of nitrogens with one attached hydrogen (secondary N) is 1. The fourth-order valence-corrected chi connectivity index (χ4v) is 2.42. The van der Waals surface area contributed by atoms with Gasteiger partial charge in [0.25, 0.3) is 0 Å². The molecule has 2 atom stereocenters. The predicted octanol–water partition coefficient (Wildman–Crippen LogP) is 2.01. The van der Waals surface area contributed by atoms with E-state index in [1.807, 2.05) is 13.1 Å². The maximum Gasteiger partial charge on any atom is 0.167 e. The van der Waals surface area contributed by atoms with Gasteiger partial charge < -0.3 is 5.32 Å². The molecule has 0 aromatic carbocycles. The fourth-order valence-electron chi connectivity index (χ4n) is 2.42. The molecule has 0 bridgehead atoms. The summed E-state index contributed by atoms with van der Waals surface area (Å²) < 4.78 is 1.80. The highest BCUT2D eigenvalue weighted by atomic mass is 16.1. The van der Waals surface area contributed by atoms with E-state index >= 15 is 0 Å². The van der Waals surface area contributed by atoms with Crippen molar-refractivity contribution in [2.45, 2.75) is 58.2 Å². The van der Waals surface area contributed by atoms with Crippen molar-refractivity contribution in [3.8, 4) is 0 Å². The summed E-state index contributed by atoms with van der Waals surface area (Å²) in [4.78, 5) is 12.1. The van der Waals surface area contributed by atoms with Crippen molar-refractivity contribution < 1.29 is 4.79 Å². The Bertz CT molecular complexity index is 386. The van der Waals surface area contributed by atoms with Crippen LogP contribution < -0.4 is 5.32 Å². The van der Waals surface area contributed by atoms with Gasteiger partial charge in [0.05, 0.1) is 11.8 Å². The van der Waals surface area contributed by atoms with Crippen LogP contribution in [0.2, 0.25) is 0 Å². The third-order valence-electron chi connectivity index (χ3n) is 3.42. The summed E-state index contributed by atoms with van der Waals surface area (Å²) in [5.41, 5.74) is 0.742. The average Bonchev–Trinajstić information content (AvgIpc) is 2.77. The van der Waals surface area contributed by atoms with E-state index in [9.17, 15) is 4.79 Å². The van der Waals surface area contributed by atoms with Gasteiger partial charge in [0, 0.05) is 31.2 Å². The Morgan fingerprint density at radius 2 is 2.41 bits per heavy atom. The lowest BCUT2D eigenvalue weighted by molar-refractivity contribution is 0.0960. The van der Waals surface area contributed by atoms with Crippen molar-refractivity contribution in [1.82, 2.24) is 15.1 Å². The minimum Gasteiger partial charge on any atom is -0.311 e. The van der Waals surface area contributed by atoms with Gasteiger partial charge in [0.2, 0.25) is 0 Å². The molecule has 1 aliphatic heterocycles. The normalized spacial score (nSPS) is 24.8. The Morgan fingerprint density at radius 3 is 3.06 bits per heavy atom. The van der Waals surface area contributed by atoms with E-state index in [4.69, 9.17) is 0 Å². The van der Waals surface area contributed by atoms with Crippen molar-refractivity contribution in [3.63, 3.8) is 0 Å². The third-order valence-corrected chi connectivity index (χ3v) is 3.42. The van der Waals surface area contributed by atoms with Crippen LogP contribution in [-0.2, 0) is 6.54 Å². The molecule has 1 aromatic rings. The van der Waals surface area contributed by atoms with Crippen LogP contribution in [0.1, 0.15) is 49.9 Å². The molecular weight excluding hydrogens is 214 g/mol. The van der Waals surface area contributed by atoms with E-state index in [-0.39, 0.29) is 5.78 Å². The van der Waals surface area contributed by atoms with Gasteiger partial charge in [-0.15, -0.1) is 0 Å². The predicted molar refractivity (Wildman–Crippen MR) is 67.1 cm³/mol. The summed E-state index contributed by atoms with van der Waals surface area (Å²) in [7, 11) is 0. The van der Waals surface area contributed by atoms with Gasteiger partial charge in [-0.1, -0.05) is 6.42 Å². The summed E-state index contributed by atoms with van der Waals surface area (Å²) in [6.07, 6.45) is 7.67. The number of piperidine rings is 1. The second-order valence-corrected chi connectivity index (χ2v) is 4.91. The number of nitrogens with zero attached hydrogens (tertiary/aromatic N) is 2. The van der Waals surface area contributed by atoms with E-state index in [2.05, 4.69) is 17.3 Å². The van der Waals surface area contributed by atoms with Crippen LogP contribution in [0.15, 0.2) is 12.4 Å². The molecule has 0 spiro atoms. The first-order valence-electron chi connectivity index (χ1n) is 6.50. The van der Waals surface area contributed by atoms with Crippen molar-refractivity contribution in [2.75, 3.05) is 0 Å². The highest BCUT2D eigenvalue weighted by molar-refractivity contribution is 5.95. The molecule has 4 nitrogen and oxygen atoms in total. The summed E-state index contributed by atoms with van der Waals surface area (Å²) in [6.45, 7) is 5.02. The zero-order valence-corrected chi connectivity index (χ0v) is 10.6. The van der Waals surface area contributed by atoms with Gasteiger partial charge in [-0.05, 0) is 26.7 Å². The molecule has 94 valence electrons. The van der Waals surface area contributed by atoms with E-state index in [0.29, 0.717) is 18.5 Å². The van der Waals surface area contributed by atoms with Crippen LogP contribution >= 0.6 is 0 Å². The maximum atomic E-state index is 12.1. The van der Waals surface area contributed by atoms with E-state index < -0.39 is 0 Å². The Kier molecular flexibility index (Phi) is 3.94. The summed E-state index contributed by atoms with van der Waals surface area (Å²) in [6, 6.07) is 0.885. The smallest absolute Gasteiger partial charge is 0.167 e. The molecule has 4 heteroatoms. The Labute approximate surface area is 102 Å². The molecule has 2 rings (SSSR count). The third kappa shape index (κ3) is 3.16. The van der Waals surface area contributed by atoms with E-state index in [1.165, 1.54) is 12.8 Å². The fraction of sp³-hybridized carbons (Fsp3) is 0.692. The number of carbonyl (C=O) groups excluding carboxylic acids is 1. The number of rotatable bonds is 4. The lowest BCUT2D eigenvalue weighted by Gasteiger charge is -2.28. The van der Waals surface area contributed by atoms with Gasteiger partial charge in [0.1, 0.15) is 0 Å². The van der Waals surface area contributed by atoms with Gasteiger partial charge in [-0.3, -0.25) is 9.48 Å². The molecule has 1 saturated heterocycles. The number of aryl methyl sites for hydroxylation is 1. The van der Waals surface area contributed by atoms with Gasteiger partial charge in [-0.25, -0.2) is 0 Å². The Hall–Kier alpha value is -1.16. The van der Waals surface area contributed by atoms with Crippen molar-refractivity contribution in [2.24, 2.45) is 0 Å². The van der Waals surface area contributed by atoms with Gasteiger partial charge in [0.15, 0.2) is 5.78 Å². The molecule has 17 heavy (non-hydrogen) atoms. The minimum atomic E-state index is 0.205. The lowest BCUT2D eigenvalue weighted by atomic mass is 9.95. The highest BCUT2D eigenvalue weighted by Gasteiger charge is 2.21. The second-order valence-electron chi connectivity index (χ2n) is 4.91. The SMILES string of the molecule is CCn1cc(C(=O)CC2CCCC(C)N2)cn1. The molecular formula is C13H21N3O. The maximum absolute atomic E-state index is 12.1. The first kappa shape index (κ1) is 12.3. The zero-order valence-electron chi connectivity index (χ0n) is 10.6. The molecule has 2 heterocycles. The average molecular weight is 235 g/mol. The van der Waals surface area contributed by atoms with Crippen LogP contribution in [-0.4, -0.2) is 27.6 Å². The molecule has 0 saturated carbocycles. The molecule has 0 amide bonds. The monoisotopic (exact) mass is 235 g/mol. The molecule has 1 N–H and O–H groups in total. The van der Waals surface area contributed by atoms with Crippen LogP contribution in [0.5, 0.6) is 0 Å². The molecule has 0 radical (unpaired) electrons. The highest BCUT2D eigenvalue weighted by Crippen LogP contribution is 2.16. The topological polar surface area (TPSA) is 46.9 Å². The van der Waals surface area contributed by atoms with Crippen LogP contribution in [0.4, 0.5) is 0 Å². The number of aromatic nitrogens is 2. The standard InChI is InChI=1S/C13H21N3O/c1-3-16-9-11(8-14-16)13(17)7-12-6-4-5-10(2)15-12/h8-10,12,15H,3-7H2,1-2H3. The zero-order chi connectivity index (χ0) is 12.3. The van der Waals surface area contributed by atoms with Gasteiger partial charge >= 0.3 is 0 Å². The summed E-state index contributed by atoms with van der Waals surface area (Å²) in [5.74, 6) is 0.205. The second kappa shape index (κ2) is 5.45. The minimum absolute atomic E-state index is 0.205. The first-order valence-corrected chi connectivity index (χ1v) is 6.50. The first-order chi connectivity index (χ1) is 8.19. The lowest BCUT2D eigenvalue weighted by Crippen LogP contribution is -2.41. The number of Topliss-reactive ketones (excluding diaryl/α,β-unsaturated/α-hetero) is 1. The number of hydrogen-bond acceptors (Lipinski definition) is 3. The van der Waals surface area contributed by atoms with E-state index in [0.717, 1.165) is 18.5 Å². The van der Waals surface area contributed by atoms with Crippen molar-refractivity contribution >= 4 is 5.78 Å².